The minimum atomic E-state index is -0.455. The number of aromatic nitrogens is 5. The van der Waals surface area contributed by atoms with E-state index in [1.165, 1.54) is 29.8 Å². The predicted molar refractivity (Wildman–Crippen MR) is 76.1 cm³/mol. The number of rotatable bonds is 4. The number of halogens is 1. The first kappa shape index (κ1) is 13.6. The zero-order chi connectivity index (χ0) is 14.8. The van der Waals surface area contributed by atoms with Gasteiger partial charge in [-0.15, -0.1) is 10.2 Å². The normalized spacial score (nSPS) is 10.7. The maximum atomic E-state index is 10.8. The maximum Gasteiger partial charge on any atom is 0.270 e. The fourth-order valence-electron chi connectivity index (χ4n) is 1.70. The fourth-order valence-corrected chi connectivity index (χ4v) is 2.56. The number of nitro benzene ring substituents is 1. The van der Waals surface area contributed by atoms with Crippen molar-refractivity contribution in [2.75, 3.05) is 0 Å². The van der Waals surface area contributed by atoms with Gasteiger partial charge in [0.2, 0.25) is 4.47 Å². The molecule has 0 aliphatic carbocycles. The molecule has 0 spiro atoms. The van der Waals surface area contributed by atoms with Gasteiger partial charge in [0.15, 0.2) is 5.82 Å². The second kappa shape index (κ2) is 5.54. The van der Waals surface area contributed by atoms with Crippen molar-refractivity contribution in [3.63, 3.8) is 0 Å². The maximum absolute atomic E-state index is 10.8. The number of non-ortho nitro benzene ring substituents is 1. The van der Waals surface area contributed by atoms with Gasteiger partial charge in [-0.3, -0.25) is 10.1 Å². The minimum Gasteiger partial charge on any atom is -0.258 e. The van der Waals surface area contributed by atoms with Crippen LogP contribution in [0.15, 0.2) is 30.6 Å². The molecule has 1 aromatic carbocycles. The Balaban J connectivity index is 1.84. The molecule has 0 radical (unpaired) electrons. The highest BCUT2D eigenvalue weighted by molar-refractivity contribution is 7.15. The zero-order valence-electron chi connectivity index (χ0n) is 10.4. The van der Waals surface area contributed by atoms with Gasteiger partial charge in [-0.1, -0.05) is 23.5 Å². The highest BCUT2D eigenvalue weighted by Gasteiger charge is 2.11. The van der Waals surface area contributed by atoms with Gasteiger partial charge in [-0.2, -0.15) is 5.10 Å². The first-order chi connectivity index (χ1) is 10.1. The van der Waals surface area contributed by atoms with E-state index in [1.807, 2.05) is 0 Å². The highest BCUT2D eigenvalue weighted by atomic mass is 35.5. The Hall–Kier alpha value is -2.39. The number of hydrogen-bond donors (Lipinski definition) is 0. The van der Waals surface area contributed by atoms with Gasteiger partial charge in [0.25, 0.3) is 5.69 Å². The Morgan fingerprint density at radius 1 is 1.38 bits per heavy atom. The fraction of sp³-hybridized carbons (Fsp3) is 0.0909. The van der Waals surface area contributed by atoms with Crippen LogP contribution in [-0.4, -0.2) is 29.9 Å². The Morgan fingerprint density at radius 3 is 2.95 bits per heavy atom. The van der Waals surface area contributed by atoms with Crippen LogP contribution >= 0.6 is 22.9 Å². The van der Waals surface area contributed by atoms with E-state index in [1.54, 1.807) is 16.8 Å². The van der Waals surface area contributed by atoms with Gasteiger partial charge in [0.05, 0.1) is 11.5 Å². The molecular formula is C11H7ClN6O2S. The van der Waals surface area contributed by atoms with E-state index in [-0.39, 0.29) is 5.69 Å². The molecule has 106 valence electrons. The molecule has 2 aromatic heterocycles. The van der Waals surface area contributed by atoms with Crippen LogP contribution in [0.25, 0.3) is 11.4 Å². The van der Waals surface area contributed by atoms with E-state index in [0.717, 1.165) is 0 Å². The van der Waals surface area contributed by atoms with E-state index in [9.17, 15) is 10.1 Å². The topological polar surface area (TPSA) is 99.6 Å². The van der Waals surface area contributed by atoms with Gasteiger partial charge >= 0.3 is 0 Å². The van der Waals surface area contributed by atoms with Crippen LogP contribution in [0.2, 0.25) is 4.47 Å². The third kappa shape index (κ3) is 3.03. The molecule has 0 fully saturated rings. The van der Waals surface area contributed by atoms with Gasteiger partial charge in [0, 0.05) is 17.7 Å². The van der Waals surface area contributed by atoms with Gasteiger partial charge < -0.3 is 0 Å². The van der Waals surface area contributed by atoms with Crippen molar-refractivity contribution in [3.8, 4) is 11.4 Å². The Bertz CT molecular complexity index is 801. The molecule has 0 atom stereocenters. The average Bonchev–Trinajstić information content (AvgIpc) is 3.09. The number of nitrogens with zero attached hydrogens (tertiary/aromatic N) is 6. The van der Waals surface area contributed by atoms with Crippen LogP contribution in [0.3, 0.4) is 0 Å². The molecule has 0 amide bonds. The Labute approximate surface area is 127 Å². The van der Waals surface area contributed by atoms with Crippen LogP contribution in [0, 0.1) is 10.1 Å². The van der Waals surface area contributed by atoms with Crippen molar-refractivity contribution in [2.45, 2.75) is 6.54 Å². The molecule has 0 bridgehead atoms. The quantitative estimate of drug-likeness (QED) is 0.540. The summed E-state index contributed by atoms with van der Waals surface area (Å²) >= 11 is 6.97. The molecule has 8 nitrogen and oxygen atoms in total. The first-order valence-electron chi connectivity index (χ1n) is 5.74. The van der Waals surface area contributed by atoms with Gasteiger partial charge in [-0.05, 0) is 11.6 Å². The molecule has 10 heteroatoms. The van der Waals surface area contributed by atoms with Crippen molar-refractivity contribution in [1.29, 1.82) is 0 Å². The summed E-state index contributed by atoms with van der Waals surface area (Å²) < 4.78 is 1.94. The van der Waals surface area contributed by atoms with Crippen LogP contribution in [0.5, 0.6) is 0 Å². The lowest BCUT2D eigenvalue weighted by molar-refractivity contribution is -0.384. The van der Waals surface area contributed by atoms with Crippen LogP contribution in [0.4, 0.5) is 5.69 Å². The number of benzene rings is 1. The molecule has 0 saturated heterocycles. The predicted octanol–water partition coefficient (Wildman–Crippen LogP) is 2.41. The highest BCUT2D eigenvalue weighted by Crippen LogP contribution is 2.21. The lowest BCUT2D eigenvalue weighted by Gasteiger charge is -1.96. The van der Waals surface area contributed by atoms with Crippen molar-refractivity contribution < 1.29 is 4.92 Å². The molecule has 3 rings (SSSR count). The average molecular weight is 323 g/mol. The van der Waals surface area contributed by atoms with Crippen molar-refractivity contribution >= 4 is 28.6 Å². The SMILES string of the molecule is O=[N+]([O-])c1cccc(-c2ncn(Cc3nnc(Cl)s3)n2)c1. The Kier molecular flexibility index (Phi) is 3.59. The molecule has 3 aromatic rings. The summed E-state index contributed by atoms with van der Waals surface area (Å²) in [5.41, 5.74) is 0.581. The molecule has 0 N–H and O–H groups in total. The van der Waals surface area contributed by atoms with Gasteiger partial charge in [-0.25, -0.2) is 9.67 Å². The lowest BCUT2D eigenvalue weighted by atomic mass is 10.2. The van der Waals surface area contributed by atoms with E-state index < -0.39 is 4.92 Å². The summed E-state index contributed by atoms with van der Waals surface area (Å²) in [7, 11) is 0. The van der Waals surface area contributed by atoms with E-state index in [4.69, 9.17) is 11.6 Å². The largest absolute Gasteiger partial charge is 0.270 e. The molecule has 0 saturated carbocycles. The first-order valence-corrected chi connectivity index (χ1v) is 6.93. The second-order valence-corrected chi connectivity index (χ2v) is 5.67. The van der Waals surface area contributed by atoms with Crippen molar-refractivity contribution in [2.24, 2.45) is 0 Å². The third-order valence-electron chi connectivity index (χ3n) is 2.59. The van der Waals surface area contributed by atoms with E-state index in [2.05, 4.69) is 20.3 Å². The van der Waals surface area contributed by atoms with Gasteiger partial charge in [0.1, 0.15) is 11.3 Å². The van der Waals surface area contributed by atoms with E-state index in [0.29, 0.717) is 27.4 Å². The summed E-state index contributed by atoms with van der Waals surface area (Å²) in [5.74, 6) is 0.411. The van der Waals surface area contributed by atoms with Crippen molar-refractivity contribution in [1.82, 2.24) is 25.0 Å². The smallest absolute Gasteiger partial charge is 0.258 e. The van der Waals surface area contributed by atoms with Crippen LogP contribution in [0.1, 0.15) is 5.01 Å². The molecule has 2 heterocycles. The summed E-state index contributed by atoms with van der Waals surface area (Å²) in [4.78, 5) is 14.5. The van der Waals surface area contributed by atoms with E-state index >= 15 is 0 Å². The lowest BCUT2D eigenvalue weighted by Crippen LogP contribution is -2.00. The minimum absolute atomic E-state index is 0.000227. The molecular weight excluding hydrogens is 316 g/mol. The second-order valence-electron chi connectivity index (χ2n) is 4.02. The van der Waals surface area contributed by atoms with Crippen molar-refractivity contribution in [3.05, 3.63) is 50.2 Å². The molecule has 0 unspecified atom stereocenters. The number of nitro groups is 1. The summed E-state index contributed by atoms with van der Waals surface area (Å²) in [6.45, 7) is 0.395. The summed E-state index contributed by atoms with van der Waals surface area (Å²) in [5, 5.41) is 23.3. The summed E-state index contributed by atoms with van der Waals surface area (Å²) in [6.07, 6.45) is 1.53. The monoisotopic (exact) mass is 322 g/mol. The number of hydrogen-bond acceptors (Lipinski definition) is 7. The zero-order valence-corrected chi connectivity index (χ0v) is 12.0. The van der Waals surface area contributed by atoms with Crippen LogP contribution in [-0.2, 0) is 6.54 Å². The molecule has 0 aliphatic rings. The summed E-state index contributed by atoms with van der Waals surface area (Å²) in [6, 6.07) is 6.17. The standard InChI is InChI=1S/C11H7ClN6O2S/c12-11-15-14-9(21-11)5-17-6-13-10(16-17)7-2-1-3-8(4-7)18(19)20/h1-4,6H,5H2. The van der Waals surface area contributed by atoms with Crippen LogP contribution < -0.4 is 0 Å². The third-order valence-corrected chi connectivity index (χ3v) is 3.59. The molecule has 0 aliphatic heterocycles. The molecule has 21 heavy (non-hydrogen) atoms. The Morgan fingerprint density at radius 2 is 2.24 bits per heavy atom.